The van der Waals surface area contributed by atoms with Gasteiger partial charge in [-0.05, 0) is 39.5 Å². The molecule has 1 amide bonds. The van der Waals surface area contributed by atoms with E-state index in [2.05, 4.69) is 12.2 Å². The van der Waals surface area contributed by atoms with Crippen molar-refractivity contribution in [1.82, 2.24) is 5.32 Å². The highest BCUT2D eigenvalue weighted by molar-refractivity contribution is 5.68. The van der Waals surface area contributed by atoms with Crippen LogP contribution < -0.4 is 5.32 Å². The summed E-state index contributed by atoms with van der Waals surface area (Å²) in [7, 11) is 0. The minimum Gasteiger partial charge on any atom is -0.444 e. The molecule has 1 N–H and O–H groups in total. The quantitative estimate of drug-likeness (QED) is 0.784. The molecule has 0 aromatic carbocycles. The van der Waals surface area contributed by atoms with E-state index in [4.69, 9.17) is 4.74 Å². The molecule has 0 bridgehead atoms. The molecule has 1 fully saturated rings. The predicted octanol–water partition coefficient (Wildman–Crippen LogP) is 3.48. The van der Waals surface area contributed by atoms with Gasteiger partial charge in [-0.1, -0.05) is 26.2 Å². The van der Waals surface area contributed by atoms with Crippen LogP contribution in [0.1, 0.15) is 59.8 Å². The van der Waals surface area contributed by atoms with Gasteiger partial charge in [0.05, 0.1) is 0 Å². The topological polar surface area (TPSA) is 38.3 Å². The first-order valence-electron chi connectivity index (χ1n) is 6.42. The van der Waals surface area contributed by atoms with Crippen LogP contribution in [0.4, 0.5) is 4.79 Å². The van der Waals surface area contributed by atoms with Gasteiger partial charge in [-0.15, -0.1) is 0 Å². The van der Waals surface area contributed by atoms with Gasteiger partial charge in [0.2, 0.25) is 0 Å². The molecule has 94 valence electrons. The zero-order chi connectivity index (χ0) is 12.2. The van der Waals surface area contributed by atoms with Crippen molar-refractivity contribution in [1.29, 1.82) is 0 Å². The average molecular weight is 227 g/mol. The monoisotopic (exact) mass is 227 g/mol. The maximum Gasteiger partial charge on any atom is 0.407 e. The van der Waals surface area contributed by atoms with Crippen LogP contribution in [0.15, 0.2) is 0 Å². The molecule has 3 nitrogen and oxygen atoms in total. The van der Waals surface area contributed by atoms with E-state index >= 15 is 0 Å². The summed E-state index contributed by atoms with van der Waals surface area (Å²) in [5.74, 6) is 0.626. The third kappa shape index (κ3) is 4.42. The zero-order valence-corrected chi connectivity index (χ0v) is 11.0. The van der Waals surface area contributed by atoms with Crippen molar-refractivity contribution in [2.45, 2.75) is 71.4 Å². The number of hydrogen-bond acceptors (Lipinski definition) is 2. The number of amides is 1. The Bertz CT molecular complexity index is 233. The Balaban J connectivity index is 2.42. The molecule has 1 aliphatic carbocycles. The van der Waals surface area contributed by atoms with E-state index in [1.807, 2.05) is 20.8 Å². The average Bonchev–Trinajstić information content (AvgIpc) is 2.15. The first-order chi connectivity index (χ1) is 7.42. The van der Waals surface area contributed by atoms with E-state index in [0.29, 0.717) is 12.0 Å². The highest BCUT2D eigenvalue weighted by atomic mass is 16.6. The van der Waals surface area contributed by atoms with Crippen LogP contribution in [0.5, 0.6) is 0 Å². The third-order valence-corrected chi connectivity index (χ3v) is 3.14. The lowest BCUT2D eigenvalue weighted by molar-refractivity contribution is 0.0468. The molecule has 0 aromatic heterocycles. The van der Waals surface area contributed by atoms with E-state index in [1.54, 1.807) is 0 Å². The second-order valence-corrected chi connectivity index (χ2v) is 5.71. The second kappa shape index (κ2) is 5.55. The van der Waals surface area contributed by atoms with Gasteiger partial charge < -0.3 is 10.1 Å². The number of carbonyl (C=O) groups is 1. The fourth-order valence-corrected chi connectivity index (χ4v) is 2.35. The smallest absolute Gasteiger partial charge is 0.407 e. The fraction of sp³-hybridized carbons (Fsp3) is 0.923. The Morgan fingerprint density at radius 1 is 1.31 bits per heavy atom. The van der Waals surface area contributed by atoms with Crippen LogP contribution in [0.25, 0.3) is 0 Å². The van der Waals surface area contributed by atoms with Gasteiger partial charge in [-0.25, -0.2) is 4.79 Å². The van der Waals surface area contributed by atoms with Crippen LogP contribution in [0, 0.1) is 5.92 Å². The standard InChI is InChI=1S/C13H25NO2/c1-5-10-8-6-7-9-11(10)14-12(15)16-13(2,3)4/h10-11H,5-9H2,1-4H3,(H,14,15)/t10?,11-/m0/s1. The summed E-state index contributed by atoms with van der Waals surface area (Å²) in [6.45, 7) is 7.88. The largest absolute Gasteiger partial charge is 0.444 e. The van der Waals surface area contributed by atoms with Gasteiger partial charge in [0.1, 0.15) is 5.60 Å². The van der Waals surface area contributed by atoms with Crippen molar-refractivity contribution in [3.8, 4) is 0 Å². The number of ether oxygens (including phenoxy) is 1. The Morgan fingerprint density at radius 2 is 1.94 bits per heavy atom. The van der Waals surface area contributed by atoms with Crippen molar-refractivity contribution in [3.63, 3.8) is 0 Å². The van der Waals surface area contributed by atoms with Crippen LogP contribution in [0.3, 0.4) is 0 Å². The maximum atomic E-state index is 11.7. The summed E-state index contributed by atoms with van der Waals surface area (Å²) >= 11 is 0. The first-order valence-corrected chi connectivity index (χ1v) is 6.42. The number of hydrogen-bond donors (Lipinski definition) is 1. The van der Waals surface area contributed by atoms with E-state index in [9.17, 15) is 4.79 Å². The van der Waals surface area contributed by atoms with E-state index in [-0.39, 0.29) is 6.09 Å². The van der Waals surface area contributed by atoms with Crippen molar-refractivity contribution in [2.75, 3.05) is 0 Å². The number of alkyl carbamates (subject to hydrolysis) is 1. The lowest BCUT2D eigenvalue weighted by atomic mass is 9.83. The zero-order valence-electron chi connectivity index (χ0n) is 11.0. The molecule has 0 saturated heterocycles. The minimum atomic E-state index is -0.402. The molecule has 2 atom stereocenters. The predicted molar refractivity (Wildman–Crippen MR) is 65.4 cm³/mol. The molecule has 0 aromatic rings. The van der Waals surface area contributed by atoms with E-state index in [1.165, 1.54) is 19.3 Å². The second-order valence-electron chi connectivity index (χ2n) is 5.71. The Morgan fingerprint density at radius 3 is 2.50 bits per heavy atom. The molecule has 1 saturated carbocycles. The molecule has 3 heteroatoms. The summed E-state index contributed by atoms with van der Waals surface area (Å²) in [5.41, 5.74) is -0.402. The van der Waals surface area contributed by atoms with E-state index < -0.39 is 5.60 Å². The van der Waals surface area contributed by atoms with Gasteiger partial charge in [0.25, 0.3) is 0 Å². The summed E-state index contributed by atoms with van der Waals surface area (Å²) in [5, 5.41) is 3.02. The lowest BCUT2D eigenvalue weighted by Crippen LogP contribution is -2.44. The summed E-state index contributed by atoms with van der Waals surface area (Å²) in [4.78, 5) is 11.7. The Labute approximate surface area is 98.9 Å². The Kier molecular flexibility index (Phi) is 4.63. The molecule has 1 rings (SSSR count). The lowest BCUT2D eigenvalue weighted by Gasteiger charge is -2.32. The number of carbonyl (C=O) groups excluding carboxylic acids is 1. The fourth-order valence-electron chi connectivity index (χ4n) is 2.35. The molecular weight excluding hydrogens is 202 g/mol. The molecule has 0 spiro atoms. The van der Waals surface area contributed by atoms with Gasteiger partial charge in [0.15, 0.2) is 0 Å². The van der Waals surface area contributed by atoms with Crippen LogP contribution in [-0.2, 0) is 4.74 Å². The van der Waals surface area contributed by atoms with Crippen molar-refractivity contribution >= 4 is 6.09 Å². The summed E-state index contributed by atoms with van der Waals surface area (Å²) in [6, 6.07) is 0.314. The molecule has 0 heterocycles. The third-order valence-electron chi connectivity index (χ3n) is 3.14. The highest BCUT2D eigenvalue weighted by Gasteiger charge is 2.26. The maximum absolute atomic E-state index is 11.7. The molecule has 1 unspecified atom stereocenters. The highest BCUT2D eigenvalue weighted by Crippen LogP contribution is 2.27. The minimum absolute atomic E-state index is 0.266. The van der Waals surface area contributed by atoms with Crippen LogP contribution >= 0.6 is 0 Å². The number of rotatable bonds is 2. The number of nitrogens with one attached hydrogen (secondary N) is 1. The van der Waals surface area contributed by atoms with Gasteiger partial charge in [-0.3, -0.25) is 0 Å². The summed E-state index contributed by atoms with van der Waals surface area (Å²) in [6.07, 6.45) is 5.72. The Hall–Kier alpha value is -0.730. The molecule has 0 aliphatic heterocycles. The SMILES string of the molecule is CCC1CCCC[C@@H]1NC(=O)OC(C)(C)C. The van der Waals surface area contributed by atoms with E-state index in [0.717, 1.165) is 12.8 Å². The van der Waals surface area contributed by atoms with Crippen molar-refractivity contribution < 1.29 is 9.53 Å². The van der Waals surface area contributed by atoms with Gasteiger partial charge in [0, 0.05) is 6.04 Å². The first kappa shape index (κ1) is 13.3. The normalized spacial score (nSPS) is 26.2. The van der Waals surface area contributed by atoms with Crippen LogP contribution in [0.2, 0.25) is 0 Å². The molecule has 1 aliphatic rings. The van der Waals surface area contributed by atoms with Gasteiger partial charge >= 0.3 is 6.09 Å². The van der Waals surface area contributed by atoms with Crippen molar-refractivity contribution in [2.24, 2.45) is 5.92 Å². The molecule has 0 radical (unpaired) electrons. The molecule has 16 heavy (non-hydrogen) atoms. The molecular formula is C13H25NO2. The summed E-state index contributed by atoms with van der Waals surface area (Å²) < 4.78 is 5.28. The van der Waals surface area contributed by atoms with Crippen molar-refractivity contribution in [3.05, 3.63) is 0 Å². The van der Waals surface area contributed by atoms with Gasteiger partial charge in [-0.2, -0.15) is 0 Å². The van der Waals surface area contributed by atoms with Crippen LogP contribution in [-0.4, -0.2) is 17.7 Å².